The van der Waals surface area contributed by atoms with Crippen molar-refractivity contribution in [2.45, 2.75) is 56.3 Å². The Labute approximate surface area is 189 Å². The summed E-state index contributed by atoms with van der Waals surface area (Å²) >= 11 is 3.98. The molecule has 4 unspecified atom stereocenters. The number of nitrogens with two attached hydrogens (primary N) is 3. The van der Waals surface area contributed by atoms with Crippen molar-refractivity contribution in [2.75, 3.05) is 12.3 Å². The Morgan fingerprint density at radius 3 is 1.81 bits per heavy atom. The monoisotopic (exact) mass is 478 g/mol. The largest absolute Gasteiger partial charge is 0.481 e. The Morgan fingerprint density at radius 2 is 1.34 bits per heavy atom. The van der Waals surface area contributed by atoms with Crippen LogP contribution in [0.15, 0.2) is 0 Å². The van der Waals surface area contributed by atoms with Gasteiger partial charge in [0.15, 0.2) is 0 Å². The summed E-state index contributed by atoms with van der Waals surface area (Å²) in [4.78, 5) is 70.1. The van der Waals surface area contributed by atoms with Crippen molar-refractivity contribution in [2.24, 2.45) is 17.2 Å². The van der Waals surface area contributed by atoms with Crippen LogP contribution in [0.2, 0.25) is 0 Å². The lowest BCUT2D eigenvalue weighted by Gasteiger charge is -2.24. The van der Waals surface area contributed by atoms with Crippen molar-refractivity contribution in [3.05, 3.63) is 0 Å². The number of amides is 4. The van der Waals surface area contributed by atoms with Gasteiger partial charge in [-0.05, 0) is 25.8 Å². The zero-order valence-corrected chi connectivity index (χ0v) is 18.2. The molecular formula is C17H30N6O8S. The molecule has 182 valence electrons. The minimum atomic E-state index is -1.71. The Morgan fingerprint density at radius 1 is 0.812 bits per heavy atom. The first-order valence-corrected chi connectivity index (χ1v) is 10.3. The number of carbonyl (C=O) groups is 6. The average Bonchev–Trinajstić information content (AvgIpc) is 2.69. The van der Waals surface area contributed by atoms with E-state index in [0.29, 0.717) is 19.4 Å². The Hall–Kier alpha value is -2.91. The molecule has 14 nitrogen and oxygen atoms in total. The molecule has 0 aromatic rings. The fourth-order valence-corrected chi connectivity index (χ4v) is 2.72. The highest BCUT2D eigenvalue weighted by Gasteiger charge is 2.30. The van der Waals surface area contributed by atoms with Crippen LogP contribution in [-0.2, 0) is 28.8 Å². The number of hydrogen-bond acceptors (Lipinski definition) is 9. The number of nitrogens with one attached hydrogen (secondary N) is 3. The zero-order valence-electron chi connectivity index (χ0n) is 17.3. The molecule has 0 bridgehead atoms. The first-order valence-electron chi connectivity index (χ1n) is 9.63. The highest BCUT2D eigenvalue weighted by atomic mass is 32.1. The summed E-state index contributed by atoms with van der Waals surface area (Å²) in [5.74, 6) is -6.57. The van der Waals surface area contributed by atoms with Crippen LogP contribution in [0.5, 0.6) is 0 Å². The predicted molar refractivity (Wildman–Crippen MR) is 114 cm³/mol. The third kappa shape index (κ3) is 11.5. The van der Waals surface area contributed by atoms with Crippen LogP contribution < -0.4 is 33.2 Å². The lowest BCUT2D eigenvalue weighted by atomic mass is 10.1. The molecule has 0 saturated heterocycles. The number of aliphatic carboxylic acids is 2. The van der Waals surface area contributed by atoms with Crippen LogP contribution in [-0.4, -0.2) is 82.2 Å². The number of primary amides is 1. The maximum Gasteiger partial charge on any atom is 0.326 e. The maximum atomic E-state index is 12.6. The van der Waals surface area contributed by atoms with Crippen LogP contribution in [0, 0.1) is 0 Å². The summed E-state index contributed by atoms with van der Waals surface area (Å²) in [6.07, 6.45) is -0.337. The van der Waals surface area contributed by atoms with E-state index in [9.17, 15) is 28.8 Å². The molecule has 0 aliphatic heterocycles. The number of rotatable bonds is 16. The second-order valence-corrected chi connectivity index (χ2v) is 7.23. The summed E-state index contributed by atoms with van der Waals surface area (Å²) in [5, 5.41) is 24.6. The number of carboxylic acid groups (broad SMARTS) is 2. The van der Waals surface area contributed by atoms with Gasteiger partial charge in [-0.15, -0.1) is 0 Å². The van der Waals surface area contributed by atoms with E-state index in [1.807, 2.05) is 0 Å². The molecule has 11 N–H and O–H groups in total. The van der Waals surface area contributed by atoms with Crippen LogP contribution in [0.4, 0.5) is 0 Å². The summed E-state index contributed by atoms with van der Waals surface area (Å²) in [5.41, 5.74) is 15.9. The normalized spacial score (nSPS) is 14.3. The quantitative estimate of drug-likeness (QED) is 0.0773. The van der Waals surface area contributed by atoms with Crippen molar-refractivity contribution in [1.82, 2.24) is 16.0 Å². The molecule has 0 radical (unpaired) electrons. The number of hydrogen-bond donors (Lipinski definition) is 9. The number of carbonyl (C=O) groups excluding carboxylic acids is 4. The molecule has 4 amide bonds. The second-order valence-electron chi connectivity index (χ2n) is 6.86. The summed E-state index contributed by atoms with van der Waals surface area (Å²) < 4.78 is 0. The van der Waals surface area contributed by atoms with E-state index in [4.69, 9.17) is 27.4 Å². The van der Waals surface area contributed by atoms with Gasteiger partial charge >= 0.3 is 11.9 Å². The number of unbranched alkanes of at least 4 members (excludes halogenated alkanes) is 1. The van der Waals surface area contributed by atoms with Crippen molar-refractivity contribution in [3.8, 4) is 0 Å². The lowest BCUT2D eigenvalue weighted by molar-refractivity contribution is -0.147. The van der Waals surface area contributed by atoms with Gasteiger partial charge in [0.25, 0.3) is 0 Å². The standard InChI is InChI=1S/C17H30N6O8S/c18-4-2-1-3-9(15(28)22-10(17(30)31)6-13(25)26)21-16(29)11(7-32)23-14(27)8(19)5-12(20)24/h8-11,32H,1-7,18-19H2,(H2,20,24)(H,21,29)(H,22,28)(H,23,27)(H,25,26)(H,30,31). The molecule has 32 heavy (non-hydrogen) atoms. The van der Waals surface area contributed by atoms with E-state index in [0.717, 1.165) is 0 Å². The van der Waals surface area contributed by atoms with Gasteiger partial charge < -0.3 is 43.4 Å². The van der Waals surface area contributed by atoms with Crippen molar-refractivity contribution in [1.29, 1.82) is 0 Å². The fraction of sp³-hybridized carbons (Fsp3) is 0.647. The highest BCUT2D eigenvalue weighted by molar-refractivity contribution is 7.80. The summed E-state index contributed by atoms with van der Waals surface area (Å²) in [6, 6.07) is -5.47. The van der Waals surface area contributed by atoms with Crippen LogP contribution in [0.3, 0.4) is 0 Å². The molecule has 0 aliphatic carbocycles. The first-order chi connectivity index (χ1) is 14.9. The van der Waals surface area contributed by atoms with Gasteiger partial charge in [-0.3, -0.25) is 24.0 Å². The van der Waals surface area contributed by atoms with Crippen molar-refractivity contribution >= 4 is 48.2 Å². The minimum Gasteiger partial charge on any atom is -0.481 e. The second kappa shape index (κ2) is 15.0. The van der Waals surface area contributed by atoms with Gasteiger partial charge in [0.1, 0.15) is 18.1 Å². The Kier molecular flexibility index (Phi) is 13.6. The molecule has 0 fully saturated rings. The van der Waals surface area contributed by atoms with E-state index >= 15 is 0 Å². The Balaban J connectivity index is 5.30. The summed E-state index contributed by atoms with van der Waals surface area (Å²) in [7, 11) is 0. The van der Waals surface area contributed by atoms with Crippen LogP contribution in [0.25, 0.3) is 0 Å². The average molecular weight is 479 g/mol. The van der Waals surface area contributed by atoms with Gasteiger partial charge in [0.05, 0.1) is 18.9 Å². The topological polar surface area (TPSA) is 257 Å². The highest BCUT2D eigenvalue weighted by Crippen LogP contribution is 2.04. The number of carboxylic acids is 2. The van der Waals surface area contributed by atoms with Gasteiger partial charge in [-0.2, -0.15) is 12.6 Å². The molecule has 0 rings (SSSR count). The third-order valence-corrected chi connectivity index (χ3v) is 4.51. The SMILES string of the molecule is NCCCCC(NC(=O)C(CS)NC(=O)C(N)CC(N)=O)C(=O)NC(CC(=O)O)C(=O)O. The molecule has 0 saturated carbocycles. The molecule has 0 spiro atoms. The van der Waals surface area contributed by atoms with Gasteiger partial charge in [0, 0.05) is 5.75 Å². The number of thiol groups is 1. The van der Waals surface area contributed by atoms with Crippen LogP contribution in [0.1, 0.15) is 32.1 Å². The minimum absolute atomic E-state index is 0.0720. The van der Waals surface area contributed by atoms with Crippen molar-refractivity contribution in [3.63, 3.8) is 0 Å². The molecule has 15 heteroatoms. The van der Waals surface area contributed by atoms with E-state index in [1.165, 1.54) is 0 Å². The molecule has 0 aliphatic rings. The first kappa shape index (κ1) is 29.1. The predicted octanol–water partition coefficient (Wildman–Crippen LogP) is -3.74. The van der Waals surface area contributed by atoms with Gasteiger partial charge in [-0.1, -0.05) is 0 Å². The Bertz CT molecular complexity index is 707. The fourth-order valence-electron chi connectivity index (χ4n) is 2.46. The zero-order chi connectivity index (χ0) is 24.8. The molecule has 4 atom stereocenters. The van der Waals surface area contributed by atoms with E-state index in [1.54, 1.807) is 0 Å². The smallest absolute Gasteiger partial charge is 0.326 e. The molecule has 0 heterocycles. The van der Waals surface area contributed by atoms with Gasteiger partial charge in [0.2, 0.25) is 23.6 Å². The third-order valence-electron chi connectivity index (χ3n) is 4.15. The van der Waals surface area contributed by atoms with E-state index in [-0.39, 0.29) is 12.2 Å². The van der Waals surface area contributed by atoms with Gasteiger partial charge in [-0.25, -0.2) is 4.79 Å². The lowest BCUT2D eigenvalue weighted by Crippen LogP contribution is -2.58. The van der Waals surface area contributed by atoms with Crippen molar-refractivity contribution < 1.29 is 39.0 Å². The summed E-state index contributed by atoms with van der Waals surface area (Å²) in [6.45, 7) is 0.312. The molecule has 0 aromatic heterocycles. The maximum absolute atomic E-state index is 12.6. The van der Waals surface area contributed by atoms with E-state index < -0.39 is 72.6 Å². The molecular weight excluding hydrogens is 448 g/mol. The molecule has 0 aromatic carbocycles. The van der Waals surface area contributed by atoms with E-state index in [2.05, 4.69) is 28.6 Å². The van der Waals surface area contributed by atoms with Crippen LogP contribution >= 0.6 is 12.6 Å².